The first-order chi connectivity index (χ1) is 12.6. The molecule has 7 nitrogen and oxygen atoms in total. The summed E-state index contributed by atoms with van der Waals surface area (Å²) >= 11 is 0. The van der Waals surface area contributed by atoms with Crippen molar-refractivity contribution in [1.29, 1.82) is 0 Å². The van der Waals surface area contributed by atoms with E-state index >= 15 is 0 Å². The first-order valence-electron chi connectivity index (χ1n) is 8.97. The van der Waals surface area contributed by atoms with Gasteiger partial charge in [-0.2, -0.15) is 0 Å². The van der Waals surface area contributed by atoms with Crippen LogP contribution in [0.1, 0.15) is 37.7 Å². The number of carbonyl (C=O) groups is 2. The normalized spacial score (nSPS) is 28.3. The number of alkyl carbamates (subject to hydrolysis) is 1. The van der Waals surface area contributed by atoms with Gasteiger partial charge in [0.2, 0.25) is 0 Å². The van der Waals surface area contributed by atoms with Crippen LogP contribution in [0.25, 0.3) is 0 Å². The van der Waals surface area contributed by atoms with E-state index in [2.05, 4.69) is 5.32 Å². The van der Waals surface area contributed by atoms with E-state index in [1.54, 1.807) is 0 Å². The molecule has 1 heterocycles. The Bertz CT molecular complexity index is 622. The van der Waals surface area contributed by atoms with E-state index in [9.17, 15) is 9.59 Å². The summed E-state index contributed by atoms with van der Waals surface area (Å²) in [5, 5.41) is 2.69. The zero-order chi connectivity index (χ0) is 18.4. The molecule has 3 unspecified atom stereocenters. The van der Waals surface area contributed by atoms with Gasteiger partial charge in [-0.15, -0.1) is 0 Å². The Morgan fingerprint density at radius 3 is 2.81 bits per heavy atom. The van der Waals surface area contributed by atoms with Gasteiger partial charge in [0.15, 0.2) is 12.0 Å². The fraction of sp³-hybridized carbons (Fsp3) is 0.579. The Balaban J connectivity index is 1.46. The summed E-state index contributed by atoms with van der Waals surface area (Å²) in [6, 6.07) is 9.47. The van der Waals surface area contributed by atoms with Crippen molar-refractivity contribution in [3.8, 4) is 0 Å². The van der Waals surface area contributed by atoms with Crippen LogP contribution < -0.4 is 5.32 Å². The van der Waals surface area contributed by atoms with Gasteiger partial charge in [-0.1, -0.05) is 30.3 Å². The van der Waals surface area contributed by atoms with E-state index in [0.717, 1.165) is 18.4 Å². The molecule has 1 aliphatic carbocycles. The number of hydrogen-bond donors (Lipinski definition) is 1. The zero-order valence-electron chi connectivity index (χ0n) is 14.9. The maximum absolute atomic E-state index is 12.0. The van der Waals surface area contributed by atoms with Crippen LogP contribution in [0.3, 0.4) is 0 Å². The SMILES string of the molecule is COC(=O)C1CCCC2(CC1)OCC(NC(=O)OCc1ccccc1)O2. The quantitative estimate of drug-likeness (QED) is 0.828. The van der Waals surface area contributed by atoms with Crippen LogP contribution in [0.2, 0.25) is 0 Å². The highest BCUT2D eigenvalue weighted by atomic mass is 16.8. The van der Waals surface area contributed by atoms with Gasteiger partial charge in [-0.05, 0) is 24.8 Å². The number of rotatable bonds is 4. The predicted molar refractivity (Wildman–Crippen MR) is 91.9 cm³/mol. The van der Waals surface area contributed by atoms with Gasteiger partial charge in [0, 0.05) is 12.8 Å². The number of amides is 1. The lowest BCUT2D eigenvalue weighted by atomic mass is 10.0. The molecule has 1 amide bonds. The van der Waals surface area contributed by atoms with Crippen LogP contribution >= 0.6 is 0 Å². The van der Waals surface area contributed by atoms with Gasteiger partial charge in [0.1, 0.15) is 6.61 Å². The minimum Gasteiger partial charge on any atom is -0.469 e. The number of methoxy groups -OCH3 is 1. The van der Waals surface area contributed by atoms with E-state index in [-0.39, 0.29) is 25.1 Å². The Morgan fingerprint density at radius 1 is 1.23 bits per heavy atom. The number of hydrogen-bond acceptors (Lipinski definition) is 6. The van der Waals surface area contributed by atoms with Crippen LogP contribution in [0.5, 0.6) is 0 Å². The molecule has 0 aromatic heterocycles. The Kier molecular flexibility index (Phi) is 6.11. The van der Waals surface area contributed by atoms with Crippen molar-refractivity contribution in [2.24, 2.45) is 5.92 Å². The third-order valence-corrected chi connectivity index (χ3v) is 4.86. The molecule has 2 aliphatic rings. The average Bonchev–Trinajstić information content (AvgIpc) is 2.93. The second-order valence-corrected chi connectivity index (χ2v) is 6.69. The molecule has 1 saturated heterocycles. The van der Waals surface area contributed by atoms with Gasteiger partial charge >= 0.3 is 12.1 Å². The molecule has 0 radical (unpaired) electrons. The van der Waals surface area contributed by atoms with Crippen molar-refractivity contribution in [1.82, 2.24) is 5.32 Å². The molecule has 1 aliphatic heterocycles. The monoisotopic (exact) mass is 363 g/mol. The summed E-state index contributed by atoms with van der Waals surface area (Å²) in [6.45, 7) is 0.468. The summed E-state index contributed by atoms with van der Waals surface area (Å²) in [5.74, 6) is -1.03. The maximum atomic E-state index is 12.0. The lowest BCUT2D eigenvalue weighted by Crippen LogP contribution is -2.39. The smallest absolute Gasteiger partial charge is 0.409 e. The third kappa shape index (κ3) is 4.74. The molecule has 0 bridgehead atoms. The van der Waals surface area contributed by atoms with E-state index < -0.39 is 18.1 Å². The van der Waals surface area contributed by atoms with Gasteiger partial charge in [0.05, 0.1) is 19.6 Å². The highest BCUT2D eigenvalue weighted by Crippen LogP contribution is 2.38. The van der Waals surface area contributed by atoms with Gasteiger partial charge in [-0.25, -0.2) is 4.79 Å². The second-order valence-electron chi connectivity index (χ2n) is 6.69. The van der Waals surface area contributed by atoms with Crippen LogP contribution in [-0.4, -0.2) is 37.8 Å². The number of ether oxygens (including phenoxy) is 4. The summed E-state index contributed by atoms with van der Waals surface area (Å²) < 4.78 is 21.9. The van der Waals surface area contributed by atoms with E-state index in [1.165, 1.54) is 7.11 Å². The van der Waals surface area contributed by atoms with E-state index in [4.69, 9.17) is 18.9 Å². The highest BCUT2D eigenvalue weighted by Gasteiger charge is 2.44. The van der Waals surface area contributed by atoms with E-state index in [0.29, 0.717) is 19.3 Å². The molecule has 1 N–H and O–H groups in total. The first kappa shape index (κ1) is 18.7. The molecule has 3 atom stereocenters. The maximum Gasteiger partial charge on any atom is 0.409 e. The second kappa shape index (κ2) is 8.51. The lowest BCUT2D eigenvalue weighted by molar-refractivity contribution is -0.178. The number of nitrogens with one attached hydrogen (secondary N) is 1. The molecule has 3 rings (SSSR count). The van der Waals surface area contributed by atoms with Gasteiger partial charge in [0.25, 0.3) is 0 Å². The largest absolute Gasteiger partial charge is 0.469 e. The van der Waals surface area contributed by atoms with Crippen LogP contribution in [0, 0.1) is 5.92 Å². The zero-order valence-corrected chi connectivity index (χ0v) is 14.9. The summed E-state index contributed by atoms with van der Waals surface area (Å²) in [6.07, 6.45) is 2.43. The van der Waals surface area contributed by atoms with E-state index in [1.807, 2.05) is 30.3 Å². The number of benzene rings is 1. The molecule has 1 saturated carbocycles. The Hall–Kier alpha value is -2.12. The Labute approximate surface area is 152 Å². The molecule has 26 heavy (non-hydrogen) atoms. The van der Waals surface area contributed by atoms with Crippen molar-refractivity contribution in [3.05, 3.63) is 35.9 Å². The summed E-state index contributed by atoms with van der Waals surface area (Å²) in [7, 11) is 1.41. The molecule has 2 fully saturated rings. The molecule has 7 heteroatoms. The minimum absolute atomic E-state index is 0.116. The summed E-state index contributed by atoms with van der Waals surface area (Å²) in [4.78, 5) is 23.7. The molecule has 1 aromatic carbocycles. The summed E-state index contributed by atoms with van der Waals surface area (Å²) in [5.41, 5.74) is 0.917. The standard InChI is InChI=1S/C19H25NO6/c1-23-17(21)15-8-5-10-19(11-9-15)25-13-16(26-19)20-18(22)24-12-14-6-3-2-4-7-14/h2-4,6-7,15-16H,5,8-13H2,1H3,(H,20,22). The average molecular weight is 363 g/mol. The number of carbonyl (C=O) groups excluding carboxylic acids is 2. The molecular weight excluding hydrogens is 338 g/mol. The first-order valence-corrected chi connectivity index (χ1v) is 8.97. The highest BCUT2D eigenvalue weighted by molar-refractivity contribution is 5.72. The van der Waals surface area contributed by atoms with Gasteiger partial charge < -0.3 is 18.9 Å². The van der Waals surface area contributed by atoms with Crippen LogP contribution in [0.15, 0.2) is 30.3 Å². The fourth-order valence-corrected chi connectivity index (χ4v) is 3.47. The van der Waals surface area contributed by atoms with Crippen LogP contribution in [-0.2, 0) is 30.3 Å². The van der Waals surface area contributed by atoms with Crippen molar-refractivity contribution < 1.29 is 28.5 Å². The van der Waals surface area contributed by atoms with Crippen molar-refractivity contribution in [2.75, 3.05) is 13.7 Å². The fourth-order valence-electron chi connectivity index (χ4n) is 3.47. The molecular formula is C19H25NO6. The van der Waals surface area contributed by atoms with Crippen molar-refractivity contribution in [3.63, 3.8) is 0 Å². The molecule has 1 aromatic rings. The minimum atomic E-state index is -0.736. The van der Waals surface area contributed by atoms with Crippen molar-refractivity contribution >= 4 is 12.1 Å². The lowest BCUT2D eigenvalue weighted by Gasteiger charge is -2.26. The van der Waals surface area contributed by atoms with Crippen molar-refractivity contribution in [2.45, 2.75) is 50.7 Å². The Morgan fingerprint density at radius 2 is 2.04 bits per heavy atom. The molecule has 142 valence electrons. The molecule has 1 spiro atoms. The van der Waals surface area contributed by atoms with Crippen LogP contribution in [0.4, 0.5) is 4.79 Å². The predicted octanol–water partition coefficient (Wildman–Crippen LogP) is 2.74. The third-order valence-electron chi connectivity index (χ3n) is 4.86. The topological polar surface area (TPSA) is 83.1 Å². The number of esters is 1. The van der Waals surface area contributed by atoms with Gasteiger partial charge in [-0.3, -0.25) is 10.1 Å².